The standard InChI is InChI=1S/C15H19BrN2O2/c1-15(2,3)13-9-20-14(18-13)8-17-7-10-6-11(16)4-5-12(10)19/h4-6,9,17,19H,7-8H2,1-3H3. The van der Waals surface area contributed by atoms with Gasteiger partial charge >= 0.3 is 0 Å². The van der Waals surface area contributed by atoms with Crippen LogP contribution in [0.25, 0.3) is 0 Å². The number of hydrogen-bond donors (Lipinski definition) is 2. The van der Waals surface area contributed by atoms with Crippen LogP contribution in [0.15, 0.2) is 33.4 Å². The maximum absolute atomic E-state index is 9.74. The van der Waals surface area contributed by atoms with E-state index in [1.54, 1.807) is 12.3 Å². The molecule has 0 unspecified atom stereocenters. The van der Waals surface area contributed by atoms with E-state index in [-0.39, 0.29) is 11.2 Å². The number of phenolic OH excluding ortho intramolecular Hbond substituents is 1. The molecule has 0 aliphatic carbocycles. The number of aromatic nitrogens is 1. The minimum Gasteiger partial charge on any atom is -0.508 e. The third kappa shape index (κ3) is 3.84. The minimum atomic E-state index is -0.00961. The van der Waals surface area contributed by atoms with Crippen molar-refractivity contribution in [2.75, 3.05) is 0 Å². The molecule has 1 aromatic heterocycles. The zero-order valence-corrected chi connectivity index (χ0v) is 13.5. The lowest BCUT2D eigenvalue weighted by atomic mass is 9.93. The lowest BCUT2D eigenvalue weighted by Gasteiger charge is -2.13. The molecule has 4 nitrogen and oxygen atoms in total. The highest BCUT2D eigenvalue weighted by molar-refractivity contribution is 9.10. The molecule has 0 saturated carbocycles. The molecule has 108 valence electrons. The Morgan fingerprint density at radius 2 is 2.05 bits per heavy atom. The second-order valence-corrected chi connectivity index (χ2v) is 6.67. The number of phenols is 1. The molecule has 20 heavy (non-hydrogen) atoms. The van der Waals surface area contributed by atoms with Crippen LogP contribution in [0.2, 0.25) is 0 Å². The molecule has 0 aliphatic heterocycles. The number of hydrogen-bond acceptors (Lipinski definition) is 4. The van der Waals surface area contributed by atoms with Gasteiger partial charge in [0.15, 0.2) is 0 Å². The molecule has 0 atom stereocenters. The van der Waals surface area contributed by atoms with E-state index in [1.807, 2.05) is 12.1 Å². The van der Waals surface area contributed by atoms with Crippen LogP contribution in [-0.2, 0) is 18.5 Å². The predicted octanol–water partition coefficient (Wildman–Crippen LogP) is 3.73. The van der Waals surface area contributed by atoms with Gasteiger partial charge in [-0.15, -0.1) is 0 Å². The van der Waals surface area contributed by atoms with Gasteiger partial charge in [0, 0.05) is 22.0 Å². The highest BCUT2D eigenvalue weighted by atomic mass is 79.9. The molecule has 0 fully saturated rings. The third-order valence-electron chi connectivity index (χ3n) is 2.95. The SMILES string of the molecule is CC(C)(C)c1coc(CNCc2cc(Br)ccc2O)n1. The second kappa shape index (κ2) is 5.97. The first-order valence-corrected chi connectivity index (χ1v) is 7.28. The van der Waals surface area contributed by atoms with Crippen molar-refractivity contribution in [1.29, 1.82) is 0 Å². The first-order chi connectivity index (χ1) is 9.36. The molecule has 0 spiro atoms. The molecule has 2 N–H and O–H groups in total. The van der Waals surface area contributed by atoms with Crippen LogP contribution < -0.4 is 5.32 Å². The molecule has 2 aromatic rings. The van der Waals surface area contributed by atoms with E-state index < -0.39 is 0 Å². The molecule has 5 heteroatoms. The van der Waals surface area contributed by atoms with Gasteiger partial charge < -0.3 is 14.8 Å². The molecule has 1 aromatic carbocycles. The Labute approximate surface area is 127 Å². The summed E-state index contributed by atoms with van der Waals surface area (Å²) in [5.74, 6) is 0.938. The molecular weight excluding hydrogens is 320 g/mol. The minimum absolute atomic E-state index is 0.00961. The number of rotatable bonds is 4. The van der Waals surface area contributed by atoms with Crippen LogP contribution in [-0.4, -0.2) is 10.1 Å². The van der Waals surface area contributed by atoms with E-state index in [9.17, 15) is 5.11 Å². The van der Waals surface area contributed by atoms with Crippen molar-refractivity contribution in [3.05, 3.63) is 46.1 Å². The van der Waals surface area contributed by atoms with Gasteiger partial charge in [-0.05, 0) is 18.2 Å². The fourth-order valence-electron chi connectivity index (χ4n) is 1.74. The monoisotopic (exact) mass is 338 g/mol. The van der Waals surface area contributed by atoms with E-state index in [1.165, 1.54) is 0 Å². The van der Waals surface area contributed by atoms with Crippen molar-refractivity contribution in [2.24, 2.45) is 0 Å². The first kappa shape index (κ1) is 15.1. The zero-order chi connectivity index (χ0) is 14.8. The van der Waals surface area contributed by atoms with Crippen LogP contribution in [0.3, 0.4) is 0 Å². The maximum atomic E-state index is 9.74. The van der Waals surface area contributed by atoms with Crippen molar-refractivity contribution in [1.82, 2.24) is 10.3 Å². The summed E-state index contributed by atoms with van der Waals surface area (Å²) in [5.41, 5.74) is 1.77. The highest BCUT2D eigenvalue weighted by Gasteiger charge is 2.18. The Morgan fingerprint density at radius 1 is 1.30 bits per heavy atom. The summed E-state index contributed by atoms with van der Waals surface area (Å²) in [6.07, 6.45) is 1.70. The molecule has 0 bridgehead atoms. The number of benzene rings is 1. The van der Waals surface area contributed by atoms with Gasteiger partial charge in [-0.25, -0.2) is 4.98 Å². The van der Waals surface area contributed by atoms with Gasteiger partial charge in [0.1, 0.15) is 12.0 Å². The summed E-state index contributed by atoms with van der Waals surface area (Å²) in [7, 11) is 0. The number of nitrogens with zero attached hydrogens (tertiary/aromatic N) is 1. The summed E-state index contributed by atoms with van der Waals surface area (Å²) in [5, 5.41) is 13.0. The van der Waals surface area contributed by atoms with Gasteiger partial charge in [0.25, 0.3) is 0 Å². The largest absolute Gasteiger partial charge is 0.508 e. The molecule has 0 radical (unpaired) electrons. The fourth-order valence-corrected chi connectivity index (χ4v) is 2.14. The Hall–Kier alpha value is -1.33. The van der Waals surface area contributed by atoms with Crippen LogP contribution in [0.5, 0.6) is 5.75 Å². The molecule has 1 heterocycles. The van der Waals surface area contributed by atoms with E-state index in [2.05, 4.69) is 47.0 Å². The van der Waals surface area contributed by atoms with E-state index in [4.69, 9.17) is 4.42 Å². The van der Waals surface area contributed by atoms with Crippen molar-refractivity contribution in [2.45, 2.75) is 39.3 Å². The fraction of sp³-hybridized carbons (Fsp3) is 0.400. The van der Waals surface area contributed by atoms with Crippen molar-refractivity contribution >= 4 is 15.9 Å². The summed E-state index contributed by atoms with van der Waals surface area (Å²) in [6.45, 7) is 7.38. The number of oxazole rings is 1. The van der Waals surface area contributed by atoms with Gasteiger partial charge in [-0.3, -0.25) is 0 Å². The summed E-state index contributed by atoms with van der Waals surface area (Å²) < 4.78 is 6.38. The highest BCUT2D eigenvalue weighted by Crippen LogP contribution is 2.22. The molecule has 0 aliphatic rings. The second-order valence-electron chi connectivity index (χ2n) is 5.75. The normalized spacial score (nSPS) is 11.8. The predicted molar refractivity (Wildman–Crippen MR) is 81.6 cm³/mol. The van der Waals surface area contributed by atoms with Crippen LogP contribution >= 0.6 is 15.9 Å². The molecule has 0 saturated heterocycles. The average molecular weight is 339 g/mol. The van der Waals surface area contributed by atoms with Gasteiger partial charge in [-0.1, -0.05) is 36.7 Å². The average Bonchev–Trinajstić information content (AvgIpc) is 2.82. The Bertz CT molecular complexity index is 588. The quantitative estimate of drug-likeness (QED) is 0.891. The molecule has 2 rings (SSSR count). The van der Waals surface area contributed by atoms with E-state index >= 15 is 0 Å². The molecular formula is C15H19BrN2O2. The van der Waals surface area contributed by atoms with Gasteiger partial charge in [-0.2, -0.15) is 0 Å². The van der Waals surface area contributed by atoms with Crippen molar-refractivity contribution in [3.63, 3.8) is 0 Å². The van der Waals surface area contributed by atoms with Crippen molar-refractivity contribution in [3.8, 4) is 5.75 Å². The number of nitrogens with one attached hydrogen (secondary N) is 1. The first-order valence-electron chi connectivity index (χ1n) is 6.49. The van der Waals surface area contributed by atoms with Gasteiger partial charge in [0.2, 0.25) is 5.89 Å². The summed E-state index contributed by atoms with van der Waals surface area (Å²) in [4.78, 5) is 4.45. The zero-order valence-electron chi connectivity index (χ0n) is 11.9. The number of aromatic hydroxyl groups is 1. The number of halogens is 1. The Balaban J connectivity index is 1.93. The van der Waals surface area contributed by atoms with E-state index in [0.29, 0.717) is 19.0 Å². The maximum Gasteiger partial charge on any atom is 0.208 e. The van der Waals surface area contributed by atoms with Gasteiger partial charge in [0.05, 0.1) is 12.2 Å². The summed E-state index contributed by atoms with van der Waals surface area (Å²) in [6, 6.07) is 5.37. The topological polar surface area (TPSA) is 58.3 Å². The smallest absolute Gasteiger partial charge is 0.208 e. The summed E-state index contributed by atoms with van der Waals surface area (Å²) >= 11 is 3.39. The van der Waals surface area contributed by atoms with Crippen LogP contribution in [0, 0.1) is 0 Å². The van der Waals surface area contributed by atoms with Crippen LogP contribution in [0.1, 0.15) is 37.9 Å². The Morgan fingerprint density at radius 3 is 2.70 bits per heavy atom. The van der Waals surface area contributed by atoms with Crippen LogP contribution in [0.4, 0.5) is 0 Å². The lowest BCUT2D eigenvalue weighted by molar-refractivity contribution is 0.450. The lowest BCUT2D eigenvalue weighted by Crippen LogP contribution is -2.15. The van der Waals surface area contributed by atoms with Crippen molar-refractivity contribution < 1.29 is 9.52 Å². The molecule has 0 amide bonds. The van der Waals surface area contributed by atoms with E-state index in [0.717, 1.165) is 15.7 Å². The third-order valence-corrected chi connectivity index (χ3v) is 3.45. The Kier molecular flexibility index (Phi) is 4.50.